The molecule has 0 atom stereocenters. The van der Waals surface area contributed by atoms with Gasteiger partial charge in [-0.2, -0.15) is 0 Å². The first kappa shape index (κ1) is 21.3. The topological polar surface area (TPSA) is 37.9 Å². The molecule has 0 amide bonds. The van der Waals surface area contributed by atoms with E-state index in [1.807, 2.05) is 78.9 Å². The number of benzene rings is 4. The molecule has 0 aliphatic heterocycles. The molecule has 5 heteroatoms. The Morgan fingerprint density at radius 2 is 1.33 bits per heavy atom. The van der Waals surface area contributed by atoms with Crippen LogP contribution in [0.25, 0.3) is 33.9 Å². The van der Waals surface area contributed by atoms with Crippen LogP contribution < -0.4 is 4.74 Å². The predicted octanol–water partition coefficient (Wildman–Crippen LogP) is 8.30. The fourth-order valence-corrected chi connectivity index (χ4v) is 3.97. The summed E-state index contributed by atoms with van der Waals surface area (Å²) in [5.74, 6) is 1.39. The first-order chi connectivity index (χ1) is 16.2. The quantitative estimate of drug-likeness (QED) is 0.271. The Hall–Kier alpha value is -3.53. The van der Waals surface area contributed by atoms with Gasteiger partial charge in [0.2, 0.25) is 0 Å². The van der Waals surface area contributed by atoms with Crippen molar-refractivity contribution in [3.8, 4) is 39.7 Å². The highest BCUT2D eigenvalue weighted by molar-refractivity contribution is 6.31. The molecule has 0 radical (unpaired) electrons. The second kappa shape index (κ2) is 9.53. The van der Waals surface area contributed by atoms with E-state index in [1.165, 1.54) is 0 Å². The third-order valence-electron chi connectivity index (χ3n) is 5.32. The predicted molar refractivity (Wildman–Crippen MR) is 136 cm³/mol. The fourth-order valence-electron chi connectivity index (χ4n) is 3.67. The van der Waals surface area contributed by atoms with Gasteiger partial charge in [0.1, 0.15) is 18.2 Å². The van der Waals surface area contributed by atoms with Crippen molar-refractivity contribution in [2.24, 2.45) is 0 Å². The van der Waals surface area contributed by atoms with E-state index in [1.54, 1.807) is 0 Å². The highest BCUT2D eigenvalue weighted by Crippen LogP contribution is 2.37. The molecule has 5 rings (SSSR count). The van der Waals surface area contributed by atoms with Gasteiger partial charge in [-0.25, -0.2) is 4.98 Å². The molecule has 0 aliphatic carbocycles. The molecule has 0 aliphatic rings. The van der Waals surface area contributed by atoms with Crippen LogP contribution in [0, 0.1) is 0 Å². The van der Waals surface area contributed by atoms with Gasteiger partial charge in [-0.3, -0.25) is 0 Å². The van der Waals surface area contributed by atoms with E-state index in [-0.39, 0.29) is 0 Å². The zero-order valence-corrected chi connectivity index (χ0v) is 19.1. The molecule has 1 N–H and O–H groups in total. The number of hydrogen-bond acceptors (Lipinski definition) is 2. The highest BCUT2D eigenvalue weighted by Gasteiger charge is 2.18. The van der Waals surface area contributed by atoms with Gasteiger partial charge in [0.25, 0.3) is 0 Å². The van der Waals surface area contributed by atoms with Gasteiger partial charge in [0.05, 0.1) is 17.0 Å². The van der Waals surface area contributed by atoms with E-state index in [2.05, 4.69) is 29.2 Å². The fraction of sp³-hybridized carbons (Fsp3) is 0.0357. The van der Waals surface area contributed by atoms with Gasteiger partial charge >= 0.3 is 0 Å². The second-order valence-corrected chi connectivity index (χ2v) is 8.47. The third-order valence-corrected chi connectivity index (χ3v) is 5.80. The van der Waals surface area contributed by atoms with E-state index < -0.39 is 0 Å². The van der Waals surface area contributed by atoms with Crippen molar-refractivity contribution in [3.05, 3.63) is 119 Å². The van der Waals surface area contributed by atoms with Gasteiger partial charge < -0.3 is 9.72 Å². The van der Waals surface area contributed by atoms with Crippen molar-refractivity contribution in [3.63, 3.8) is 0 Å². The van der Waals surface area contributed by atoms with Crippen LogP contribution in [0.2, 0.25) is 10.0 Å². The highest BCUT2D eigenvalue weighted by atomic mass is 35.5. The molecule has 0 bridgehead atoms. The van der Waals surface area contributed by atoms with Gasteiger partial charge in [-0.05, 0) is 35.9 Å². The Kier molecular flexibility index (Phi) is 6.16. The van der Waals surface area contributed by atoms with Crippen LogP contribution in [0.3, 0.4) is 0 Å². The maximum absolute atomic E-state index is 6.37. The molecule has 162 valence electrons. The minimum atomic E-state index is 0.406. The number of H-pyrrole nitrogens is 1. The van der Waals surface area contributed by atoms with Crippen LogP contribution in [0.15, 0.2) is 103 Å². The van der Waals surface area contributed by atoms with Crippen molar-refractivity contribution in [1.29, 1.82) is 0 Å². The summed E-state index contributed by atoms with van der Waals surface area (Å²) < 4.78 is 6.17. The Balaban J connectivity index is 1.57. The number of hydrogen-bond donors (Lipinski definition) is 1. The average molecular weight is 471 g/mol. The Morgan fingerprint density at radius 1 is 0.697 bits per heavy atom. The van der Waals surface area contributed by atoms with Crippen molar-refractivity contribution in [1.82, 2.24) is 9.97 Å². The molecule has 1 heterocycles. The maximum Gasteiger partial charge on any atom is 0.142 e. The van der Waals surface area contributed by atoms with Crippen LogP contribution in [-0.4, -0.2) is 9.97 Å². The lowest BCUT2D eigenvalue weighted by molar-refractivity contribution is 0.307. The number of imidazole rings is 1. The van der Waals surface area contributed by atoms with E-state index in [9.17, 15) is 0 Å². The zero-order valence-electron chi connectivity index (χ0n) is 17.6. The lowest BCUT2D eigenvalue weighted by Crippen LogP contribution is -1.97. The summed E-state index contributed by atoms with van der Waals surface area (Å²) in [6.45, 7) is 0.406. The van der Waals surface area contributed by atoms with Crippen molar-refractivity contribution < 1.29 is 4.74 Å². The van der Waals surface area contributed by atoms with Crippen LogP contribution in [0.4, 0.5) is 0 Å². The molecule has 0 spiro atoms. The van der Waals surface area contributed by atoms with Gasteiger partial charge in [-0.15, -0.1) is 0 Å². The van der Waals surface area contributed by atoms with Gasteiger partial charge in [0, 0.05) is 21.2 Å². The van der Waals surface area contributed by atoms with Crippen molar-refractivity contribution in [2.75, 3.05) is 0 Å². The number of rotatable bonds is 6. The zero-order chi connectivity index (χ0) is 22.6. The minimum absolute atomic E-state index is 0.406. The first-order valence-corrected chi connectivity index (χ1v) is 11.3. The maximum atomic E-state index is 6.37. The Morgan fingerprint density at radius 3 is 2.03 bits per heavy atom. The summed E-state index contributed by atoms with van der Waals surface area (Å²) in [6.07, 6.45) is 0. The van der Waals surface area contributed by atoms with Gasteiger partial charge in [-0.1, -0.05) is 96.0 Å². The second-order valence-electron chi connectivity index (χ2n) is 7.60. The number of ether oxygens (including phenoxy) is 1. The summed E-state index contributed by atoms with van der Waals surface area (Å²) in [5, 5.41) is 1.31. The Bertz CT molecular complexity index is 1310. The summed E-state index contributed by atoms with van der Waals surface area (Å²) in [4.78, 5) is 8.50. The molecule has 4 aromatic carbocycles. The standard InChI is InChI=1S/C28H20Cl2N2O/c29-22-13-11-19(12-14-22)18-33-25-16-15-23(30)17-24(25)28-31-26(20-7-3-1-4-8-20)27(32-28)21-9-5-2-6-10-21/h1-17H,18H2,(H,31,32). The largest absolute Gasteiger partial charge is 0.488 e. The molecule has 0 saturated carbocycles. The summed E-state index contributed by atoms with van der Waals surface area (Å²) in [7, 11) is 0. The number of halogens is 2. The van der Waals surface area contributed by atoms with Gasteiger partial charge in [0.15, 0.2) is 0 Å². The van der Waals surface area contributed by atoms with Crippen LogP contribution in [-0.2, 0) is 6.61 Å². The molecule has 3 nitrogen and oxygen atoms in total. The molecular weight excluding hydrogens is 451 g/mol. The molecular formula is C28H20Cl2N2O. The number of aromatic amines is 1. The van der Waals surface area contributed by atoms with E-state index in [0.29, 0.717) is 28.2 Å². The number of nitrogens with zero attached hydrogens (tertiary/aromatic N) is 1. The third kappa shape index (κ3) is 4.80. The SMILES string of the molecule is Clc1ccc(COc2ccc(Cl)cc2-c2nc(-c3ccccc3)c(-c3ccccc3)[nH]2)cc1. The summed E-state index contributed by atoms with van der Waals surface area (Å²) in [6, 6.07) is 33.5. The van der Waals surface area contributed by atoms with E-state index >= 15 is 0 Å². The van der Waals surface area contributed by atoms with Crippen LogP contribution in [0.1, 0.15) is 5.56 Å². The molecule has 33 heavy (non-hydrogen) atoms. The number of nitrogens with one attached hydrogen (secondary N) is 1. The Labute approximate surface area is 202 Å². The smallest absolute Gasteiger partial charge is 0.142 e. The lowest BCUT2D eigenvalue weighted by Gasteiger charge is -2.11. The number of aromatic nitrogens is 2. The minimum Gasteiger partial charge on any atom is -0.488 e. The van der Waals surface area contributed by atoms with Crippen molar-refractivity contribution in [2.45, 2.75) is 6.61 Å². The van der Waals surface area contributed by atoms with Crippen LogP contribution in [0.5, 0.6) is 5.75 Å². The summed E-state index contributed by atoms with van der Waals surface area (Å²) >= 11 is 12.4. The average Bonchev–Trinajstić information content (AvgIpc) is 3.31. The normalized spacial score (nSPS) is 10.8. The molecule has 5 aromatic rings. The monoisotopic (exact) mass is 470 g/mol. The lowest BCUT2D eigenvalue weighted by atomic mass is 10.1. The van der Waals surface area contributed by atoms with E-state index in [0.717, 1.165) is 33.6 Å². The first-order valence-electron chi connectivity index (χ1n) is 10.6. The van der Waals surface area contributed by atoms with Crippen LogP contribution >= 0.6 is 23.2 Å². The van der Waals surface area contributed by atoms with Crippen molar-refractivity contribution >= 4 is 23.2 Å². The molecule has 0 saturated heterocycles. The summed E-state index contributed by atoms with van der Waals surface area (Å²) in [5.41, 5.74) is 5.73. The molecule has 0 unspecified atom stereocenters. The van der Waals surface area contributed by atoms with E-state index in [4.69, 9.17) is 32.9 Å². The molecule has 1 aromatic heterocycles. The molecule has 0 fully saturated rings.